The maximum absolute atomic E-state index is 13.2. The average Bonchev–Trinajstić information content (AvgIpc) is 0.773. The monoisotopic (exact) mass is 2200 g/mol. The number of nitriles is 1. The molecule has 6 fully saturated rings. The number of sulfonamides is 2. The van der Waals surface area contributed by atoms with E-state index in [9.17, 15) is 113 Å². The second-order valence-corrected chi connectivity index (χ2v) is 46.2. The van der Waals surface area contributed by atoms with Crippen molar-refractivity contribution >= 4 is 132 Å². The molecule has 59 heteroatoms. The third-order valence-corrected chi connectivity index (χ3v) is 32.5. The Hall–Kier alpha value is -11.9. The van der Waals surface area contributed by atoms with Gasteiger partial charge in [-0.1, -0.05) is 74.2 Å². The number of amides is 1. The minimum Gasteiger partial charge on any atom is -0.444 e. The van der Waals surface area contributed by atoms with E-state index in [1.165, 1.54) is 129 Å². The van der Waals surface area contributed by atoms with Crippen molar-refractivity contribution in [1.29, 1.82) is 5.26 Å². The maximum Gasteiger partial charge on any atom is 0.410 e. The number of nitrogens with zero attached hydrogens (tertiary/aromatic N) is 12. The van der Waals surface area contributed by atoms with Crippen LogP contribution in [0.5, 0.6) is 0 Å². The lowest BCUT2D eigenvalue weighted by molar-refractivity contribution is -0.388. The van der Waals surface area contributed by atoms with Crippen LogP contribution >= 0.6 is 10.7 Å². The number of aliphatic hydroxyl groups excluding tert-OH is 2. The molecule has 6 saturated heterocycles. The molecule has 6 atom stereocenters. The van der Waals surface area contributed by atoms with Crippen LogP contribution in [0.3, 0.4) is 0 Å². The summed E-state index contributed by atoms with van der Waals surface area (Å²) in [6, 6.07) is 28.3. The number of anilines is 4. The molecule has 4 aromatic carbocycles. The predicted molar refractivity (Wildman–Crippen MR) is 531 cm³/mol. The highest BCUT2D eigenvalue weighted by molar-refractivity contribution is 8.13. The Labute approximate surface area is 850 Å². The number of aromatic amines is 1. The van der Waals surface area contributed by atoms with Crippen LogP contribution in [0.25, 0.3) is 0 Å². The SMILES string of the molecule is CC(C)(C)OC(=O)N1CCCCC1CO.N#CN1CCCCC1COS(=O)(=O)c1ccnc(N)c1.Nc1cc(=O)cc[nH]1.Nc1cc(S(=O)(=O)OCC2CCCCN2)ccn1.Nc1cc(S(=O)(=O)OCC2CCCCN2S(=O)(=O)c2ccccc2[N+](=O)[O-])ccn1.O=[N+]([O-])c1ccccc1S(=O)(=O)Cl.O=[N+]([O-])c1ccccc1S(=O)(=O)OCC1CCCCN1S(=O)(=O)c1ccccc1[N+](=O)[O-].OCC1CCCCN1.[2H]CF. The number of nitrogens with one attached hydrogen (secondary N) is 3. The number of rotatable bonds is 27. The maximum atomic E-state index is 13.2. The van der Waals surface area contributed by atoms with Crippen molar-refractivity contribution in [3.05, 3.63) is 221 Å². The van der Waals surface area contributed by atoms with E-state index in [4.69, 9.17) is 71.9 Å². The Bertz CT molecular complexity index is 6650. The van der Waals surface area contributed by atoms with Gasteiger partial charge >= 0.3 is 16.2 Å². The molecule has 8 aromatic rings. The van der Waals surface area contributed by atoms with Crippen LogP contribution in [0.15, 0.2) is 209 Å². The third-order valence-electron chi connectivity index (χ3n) is 22.0. The fourth-order valence-corrected chi connectivity index (χ4v) is 23.5. The first-order chi connectivity index (χ1) is 69.3. The summed E-state index contributed by atoms with van der Waals surface area (Å²) < 4.78 is 215. The molecule has 1 amide bonds. The van der Waals surface area contributed by atoms with Gasteiger partial charge in [0.25, 0.3) is 62.2 Å². The molecule has 13 N–H and O–H groups in total. The molecule has 0 radical (unpaired) electrons. The molecule has 0 aliphatic carbocycles. The van der Waals surface area contributed by atoms with Crippen molar-refractivity contribution < 1.29 is 121 Å². The molecule has 6 unspecified atom stereocenters. The first kappa shape index (κ1) is 121. The quantitative estimate of drug-likeness (QED) is 0.00761. The highest BCUT2D eigenvalue weighted by Crippen LogP contribution is 2.36. The van der Waals surface area contributed by atoms with Gasteiger partial charge in [-0.15, -0.1) is 0 Å². The molecule has 0 spiro atoms. The summed E-state index contributed by atoms with van der Waals surface area (Å²) in [4.78, 5) is 77.8. The summed E-state index contributed by atoms with van der Waals surface area (Å²) in [5.74, 6) is 0.678. The number of alkyl halides is 1. The van der Waals surface area contributed by atoms with Gasteiger partial charge in [0.05, 0.1) is 94.6 Å². The number of carbonyl (C=O) groups is 1. The lowest BCUT2D eigenvalue weighted by Gasteiger charge is -2.35. The molecule has 0 bridgehead atoms. The molecule has 6 aliphatic heterocycles. The molecule has 6 aliphatic rings. The second kappa shape index (κ2) is 58.6. The minimum absolute atomic E-state index is 0.00191. The van der Waals surface area contributed by atoms with E-state index in [-0.39, 0.29) is 101 Å². The fourth-order valence-electron chi connectivity index (χ4n) is 14.8. The number of nitro benzene ring substituents is 4. The van der Waals surface area contributed by atoms with E-state index in [1.54, 1.807) is 9.80 Å². The molecular weight excluding hydrogens is 2090 g/mol. The first-order valence-electron chi connectivity index (χ1n) is 45.8. The Kier molecular flexibility index (Phi) is 48.6. The predicted octanol–water partition coefficient (Wildman–Crippen LogP) is 9.14. The Balaban J connectivity index is 0.000000265. The van der Waals surface area contributed by atoms with Gasteiger partial charge in [0.2, 0.25) is 20.0 Å². The number of nitro groups is 4. The smallest absolute Gasteiger partial charge is 0.410 e. The van der Waals surface area contributed by atoms with Crippen LogP contribution in [-0.2, 0) is 91.0 Å². The molecule has 50 nitrogen and oxygen atoms in total. The topological polar surface area (TPSA) is 752 Å². The van der Waals surface area contributed by atoms with Crippen molar-refractivity contribution in [2.24, 2.45) is 0 Å². The lowest BCUT2D eigenvalue weighted by atomic mass is 10.0. The number of H-pyrrole nitrogens is 1. The van der Waals surface area contributed by atoms with E-state index >= 15 is 0 Å². The number of nitrogen functional groups attached to an aromatic ring is 4. The summed E-state index contributed by atoms with van der Waals surface area (Å²) in [5.41, 5.74) is 18.8. The number of aromatic nitrogens is 4. The number of pyridine rings is 4. The first-order valence-corrected chi connectivity index (χ1v) is 55.9. The van der Waals surface area contributed by atoms with Gasteiger partial charge in [0.1, 0.15) is 28.9 Å². The van der Waals surface area contributed by atoms with Crippen molar-refractivity contribution in [3.63, 3.8) is 0 Å². The molecule has 4 aromatic heterocycles. The number of halogens is 2. The number of hydrogen-bond acceptors (Lipinski definition) is 42. The van der Waals surface area contributed by atoms with Crippen LogP contribution in [0.4, 0.5) is 55.2 Å². The standard InChI is InChI=1S/C18H19N3O9S2.C17H20N4O7S2.C12H16N4O3S.C11H17N3O3S.C11H21NO3.C6H4ClNO4S.C6H13NO.C5H6N2O.CH3F/c22-20(23)15-8-1-3-10-17(15)31(26,27)19-12-6-5-7-14(19)13-30-32(28,29)18-11-4-2-9-16(18)21(24)25;18-17-11-14(8-9-19-17)30(26,27)28-12-13-5-3-4-10-20(13)29(24,25)16-7-2-1-6-15(16)21(22)23;13-9-16-6-2-1-3-10(16)8-19-20(17,18)11-4-5-15-12(14)7-11;12-11-7-10(4-6-14-11)18(15,16)17-8-9-3-1-2-5-13-9;1-11(2,3)15-10(14)12-7-5-4-6-9(12)8-13;7-13(11,12)6-4-2-1-3-5(6)8(9)10;8-5-6-3-1-2-4-7-6;6-5-3-4(8)1-2-7-5;1-2/h1-4,8-11,14H,5-7,12-13H2;1-2,6-9,11,13H,3-5,10,12H2,(H2,18,19);4-5,7,10H,1-3,6,8H2,(H2,14,15);4,6-7,9,13H,1-3,5,8H2,(H2,12,14);9,13H,4-8H2,1-3H3;1-4H;6-8H,1-5H2;1-3H,(H3,6,7,8);1H3/i;;;;;;;;1D. The highest BCUT2D eigenvalue weighted by atomic mass is 35.7. The van der Waals surface area contributed by atoms with Gasteiger partial charge < -0.3 is 63.3 Å². The largest absolute Gasteiger partial charge is 0.444 e. The molecule has 10 heterocycles. The second-order valence-electron chi connectivity index (χ2n) is 33.5. The zero-order valence-corrected chi connectivity index (χ0v) is 86.0. The van der Waals surface area contributed by atoms with Crippen LogP contribution in [-0.4, -0.2) is 261 Å². The number of carbonyl (C=O) groups excluding carboxylic acids is 1. The lowest BCUT2D eigenvalue weighted by Crippen LogP contribution is -2.47. The number of ether oxygens (including phenoxy) is 1. The van der Waals surface area contributed by atoms with Gasteiger partial charge in [0, 0.05) is 140 Å². The molecule has 14 rings (SSSR count). The summed E-state index contributed by atoms with van der Waals surface area (Å²) in [5, 5.41) is 77.3. The number of hydrogen-bond donors (Lipinski definition) is 9. The van der Waals surface area contributed by atoms with Crippen LogP contribution in [0, 0.1) is 51.9 Å². The Morgan fingerprint density at radius 3 is 1.18 bits per heavy atom. The third kappa shape index (κ3) is 39.1. The van der Waals surface area contributed by atoms with Crippen molar-refractivity contribution in [2.45, 2.75) is 212 Å². The number of para-hydroxylation sites is 4. The van der Waals surface area contributed by atoms with Crippen molar-refractivity contribution in [3.8, 4) is 6.19 Å². The normalized spacial score (nSPS) is 18.5. The molecule has 0 saturated carbocycles. The van der Waals surface area contributed by atoms with Crippen molar-refractivity contribution in [2.75, 3.05) is 109 Å². The van der Waals surface area contributed by atoms with E-state index in [0.29, 0.717) is 63.7 Å². The van der Waals surface area contributed by atoms with E-state index in [1.807, 2.05) is 20.8 Å². The van der Waals surface area contributed by atoms with Gasteiger partial charge in [-0.25, -0.2) is 45.0 Å². The van der Waals surface area contributed by atoms with Crippen LogP contribution in [0.2, 0.25) is 0 Å². The van der Waals surface area contributed by atoms with Crippen molar-refractivity contribution in [1.82, 2.24) is 49.0 Å². The highest BCUT2D eigenvalue weighted by Gasteiger charge is 2.42. The van der Waals surface area contributed by atoms with E-state index in [2.05, 4.69) is 36.8 Å². The van der Waals surface area contributed by atoms with Crippen LogP contribution < -0.4 is 39.0 Å². The molecule has 804 valence electrons. The van der Waals surface area contributed by atoms with E-state index in [0.717, 1.165) is 141 Å². The fraction of sp³-hybridized carbons (Fsp3) is 0.471. The van der Waals surface area contributed by atoms with Gasteiger partial charge in [-0.05, 0) is 166 Å². The van der Waals surface area contributed by atoms with Gasteiger partial charge in [-0.3, -0.25) is 66.4 Å². The summed E-state index contributed by atoms with van der Waals surface area (Å²) in [6.07, 6.45) is 22.5. The number of likely N-dealkylation sites (tertiary alicyclic amines) is 2. The van der Waals surface area contributed by atoms with Crippen LogP contribution in [0.1, 0.15) is 138 Å². The number of benzene rings is 4. The average molecular weight is 2210 g/mol. The van der Waals surface area contributed by atoms with Gasteiger partial charge in [0.15, 0.2) is 31.2 Å². The Morgan fingerprint density at radius 1 is 0.479 bits per heavy atom. The van der Waals surface area contributed by atoms with E-state index < -0.39 is 170 Å². The zero-order chi connectivity index (χ0) is 109. The number of aliphatic hydroxyl groups is 2. The molecular formula is C87H119ClFN19O31S7. The Morgan fingerprint density at radius 2 is 0.829 bits per heavy atom. The number of piperidine rings is 6. The van der Waals surface area contributed by atoms with Gasteiger partial charge in [-0.2, -0.15) is 47.5 Å². The number of nitrogens with two attached hydrogens (primary N) is 4. The zero-order valence-electron chi connectivity index (χ0n) is 80.6. The summed E-state index contributed by atoms with van der Waals surface area (Å²) in [7, 11) is -25.0. The summed E-state index contributed by atoms with van der Waals surface area (Å²) in [6.45, 7) is 8.46. The summed E-state index contributed by atoms with van der Waals surface area (Å²) >= 11 is 0. The molecule has 146 heavy (non-hydrogen) atoms. The minimum atomic E-state index is -4.56.